The van der Waals surface area contributed by atoms with Crippen LogP contribution in [0.5, 0.6) is 0 Å². The lowest BCUT2D eigenvalue weighted by atomic mass is 10.2. The highest BCUT2D eigenvalue weighted by atomic mass is 32.2. The Kier molecular flexibility index (Phi) is 4.87. The molecule has 1 atom stereocenters. The van der Waals surface area contributed by atoms with Crippen molar-refractivity contribution in [2.45, 2.75) is 24.3 Å². The Labute approximate surface area is 122 Å². The molecule has 0 aliphatic rings. The number of benzene rings is 1. The van der Waals surface area contributed by atoms with Crippen LogP contribution in [0.4, 0.5) is 0 Å². The van der Waals surface area contributed by atoms with Gasteiger partial charge in [0.05, 0.1) is 10.9 Å². The van der Waals surface area contributed by atoms with Crippen LogP contribution in [0.2, 0.25) is 0 Å². The molecule has 7 heteroatoms. The number of aromatic nitrogens is 1. The lowest BCUT2D eigenvalue weighted by Gasteiger charge is -2.12. The molecule has 2 aromatic rings. The molecule has 1 unspecified atom stereocenters. The average molecular weight is 311 g/mol. The van der Waals surface area contributed by atoms with Gasteiger partial charge in [-0.3, -0.25) is 0 Å². The Hall–Kier alpha value is -1.28. The first-order valence-corrected chi connectivity index (χ1v) is 8.60. The van der Waals surface area contributed by atoms with Gasteiger partial charge in [0.2, 0.25) is 10.0 Å². The van der Waals surface area contributed by atoms with Crippen LogP contribution in [0.3, 0.4) is 0 Å². The number of hydrogen-bond acceptors (Lipinski definition) is 5. The van der Waals surface area contributed by atoms with Crippen LogP contribution in [0.25, 0.3) is 0 Å². The molecule has 0 amide bonds. The van der Waals surface area contributed by atoms with Crippen molar-refractivity contribution in [3.63, 3.8) is 0 Å². The number of sulfonamides is 1. The summed E-state index contributed by atoms with van der Waals surface area (Å²) in [6.07, 6.45) is 2.40. The second kappa shape index (κ2) is 6.45. The van der Waals surface area contributed by atoms with E-state index in [-0.39, 0.29) is 10.9 Å². The zero-order chi connectivity index (χ0) is 14.6. The predicted molar refractivity (Wildman–Crippen MR) is 80.1 cm³/mol. The van der Waals surface area contributed by atoms with Gasteiger partial charge >= 0.3 is 0 Å². The van der Waals surface area contributed by atoms with Gasteiger partial charge in [0.1, 0.15) is 5.01 Å². The van der Waals surface area contributed by atoms with Crippen LogP contribution in [0.1, 0.15) is 23.5 Å². The van der Waals surface area contributed by atoms with Gasteiger partial charge in [0, 0.05) is 11.6 Å². The number of rotatable bonds is 6. The van der Waals surface area contributed by atoms with E-state index < -0.39 is 10.0 Å². The van der Waals surface area contributed by atoms with E-state index >= 15 is 0 Å². The van der Waals surface area contributed by atoms with E-state index in [4.69, 9.17) is 5.73 Å². The second-order valence-electron chi connectivity index (χ2n) is 4.40. The van der Waals surface area contributed by atoms with Crippen molar-refractivity contribution in [1.29, 1.82) is 0 Å². The second-order valence-corrected chi connectivity index (χ2v) is 7.04. The SMILES string of the molecule is CC(NS(=O)(=O)c1ccc(CCN)cc1)c1nccs1. The highest BCUT2D eigenvalue weighted by molar-refractivity contribution is 7.89. The monoisotopic (exact) mass is 311 g/mol. The van der Waals surface area contributed by atoms with Gasteiger partial charge in [-0.1, -0.05) is 12.1 Å². The zero-order valence-electron chi connectivity index (χ0n) is 11.1. The van der Waals surface area contributed by atoms with Crippen LogP contribution in [-0.2, 0) is 16.4 Å². The largest absolute Gasteiger partial charge is 0.330 e. The van der Waals surface area contributed by atoms with E-state index in [2.05, 4.69) is 9.71 Å². The minimum absolute atomic E-state index is 0.252. The first-order valence-electron chi connectivity index (χ1n) is 6.23. The van der Waals surface area contributed by atoms with Crippen molar-refractivity contribution < 1.29 is 8.42 Å². The molecule has 1 aromatic heterocycles. The average Bonchev–Trinajstić information content (AvgIpc) is 2.93. The summed E-state index contributed by atoms with van der Waals surface area (Å²) in [4.78, 5) is 4.36. The molecule has 0 bridgehead atoms. The summed E-state index contributed by atoms with van der Waals surface area (Å²) in [6, 6.07) is 6.43. The first kappa shape index (κ1) is 15.1. The van der Waals surface area contributed by atoms with Gasteiger partial charge in [0.15, 0.2) is 0 Å². The number of nitrogens with two attached hydrogens (primary N) is 1. The quantitative estimate of drug-likeness (QED) is 0.850. The van der Waals surface area contributed by atoms with E-state index in [9.17, 15) is 8.42 Å². The summed E-state index contributed by atoms with van der Waals surface area (Å²) < 4.78 is 27.1. The van der Waals surface area contributed by atoms with Crippen LogP contribution >= 0.6 is 11.3 Å². The minimum atomic E-state index is -3.53. The summed E-state index contributed by atoms with van der Waals surface area (Å²) in [5, 5.41) is 2.56. The van der Waals surface area contributed by atoms with Crippen molar-refractivity contribution in [3.8, 4) is 0 Å². The van der Waals surface area contributed by atoms with Gasteiger partial charge < -0.3 is 5.73 Å². The summed E-state index contributed by atoms with van der Waals surface area (Å²) in [7, 11) is -3.53. The van der Waals surface area contributed by atoms with Crippen molar-refractivity contribution in [2.24, 2.45) is 5.73 Å². The number of nitrogens with one attached hydrogen (secondary N) is 1. The Bertz CT molecular complexity index is 637. The lowest BCUT2D eigenvalue weighted by Crippen LogP contribution is -2.26. The normalized spacial score (nSPS) is 13.3. The van der Waals surface area contributed by atoms with E-state index in [1.165, 1.54) is 11.3 Å². The van der Waals surface area contributed by atoms with Gasteiger partial charge in [0.25, 0.3) is 0 Å². The van der Waals surface area contributed by atoms with Gasteiger partial charge in [-0.15, -0.1) is 11.3 Å². The molecule has 0 saturated carbocycles. The van der Waals surface area contributed by atoms with Crippen LogP contribution in [0, 0.1) is 0 Å². The van der Waals surface area contributed by atoms with Gasteiger partial charge in [-0.05, 0) is 37.6 Å². The standard InChI is InChI=1S/C13H17N3O2S2/c1-10(13-15-8-9-19-13)16-20(17,18)12-4-2-11(3-5-12)6-7-14/h2-5,8-10,16H,6-7,14H2,1H3. The molecule has 5 nitrogen and oxygen atoms in total. The van der Waals surface area contributed by atoms with E-state index in [1.54, 1.807) is 37.4 Å². The molecule has 1 aromatic carbocycles. The molecular formula is C13H17N3O2S2. The topological polar surface area (TPSA) is 85.1 Å². The maximum Gasteiger partial charge on any atom is 0.241 e. The van der Waals surface area contributed by atoms with Crippen LogP contribution < -0.4 is 10.5 Å². The third-order valence-electron chi connectivity index (χ3n) is 2.82. The highest BCUT2D eigenvalue weighted by Gasteiger charge is 2.19. The Morgan fingerprint density at radius 1 is 1.35 bits per heavy atom. The highest BCUT2D eigenvalue weighted by Crippen LogP contribution is 2.19. The summed E-state index contributed by atoms with van der Waals surface area (Å²) >= 11 is 1.42. The molecule has 0 aliphatic carbocycles. The number of thiazole rings is 1. The van der Waals surface area contributed by atoms with E-state index in [1.807, 2.05) is 5.38 Å². The Morgan fingerprint density at radius 2 is 2.05 bits per heavy atom. The molecule has 0 saturated heterocycles. The molecule has 0 fully saturated rings. The lowest BCUT2D eigenvalue weighted by molar-refractivity contribution is 0.566. The molecule has 0 radical (unpaired) electrons. The number of nitrogens with zero attached hydrogens (tertiary/aromatic N) is 1. The fraction of sp³-hybridized carbons (Fsp3) is 0.308. The Balaban J connectivity index is 2.13. The third-order valence-corrected chi connectivity index (χ3v) is 5.34. The zero-order valence-corrected chi connectivity index (χ0v) is 12.7. The molecular weight excluding hydrogens is 294 g/mol. The molecule has 108 valence electrons. The van der Waals surface area contributed by atoms with Gasteiger partial charge in [-0.2, -0.15) is 0 Å². The maximum atomic E-state index is 12.2. The molecule has 1 heterocycles. The summed E-state index contributed by atoms with van der Waals surface area (Å²) in [6.45, 7) is 2.32. The Morgan fingerprint density at radius 3 is 2.60 bits per heavy atom. The number of hydrogen-bond donors (Lipinski definition) is 2. The van der Waals surface area contributed by atoms with Crippen molar-refractivity contribution in [1.82, 2.24) is 9.71 Å². The van der Waals surface area contributed by atoms with Crippen molar-refractivity contribution in [3.05, 3.63) is 46.4 Å². The summed E-state index contributed by atoms with van der Waals surface area (Å²) in [5.41, 5.74) is 6.50. The molecule has 0 aliphatic heterocycles. The maximum absolute atomic E-state index is 12.2. The molecule has 2 rings (SSSR count). The third kappa shape index (κ3) is 3.63. The fourth-order valence-corrected chi connectivity index (χ4v) is 3.73. The molecule has 3 N–H and O–H groups in total. The fourth-order valence-electron chi connectivity index (χ4n) is 1.80. The van der Waals surface area contributed by atoms with Gasteiger partial charge in [-0.25, -0.2) is 18.1 Å². The predicted octanol–water partition coefficient (Wildman–Crippen LogP) is 1.68. The van der Waals surface area contributed by atoms with Crippen molar-refractivity contribution >= 4 is 21.4 Å². The van der Waals surface area contributed by atoms with E-state index in [0.717, 1.165) is 17.0 Å². The molecule has 20 heavy (non-hydrogen) atoms. The smallest absolute Gasteiger partial charge is 0.241 e. The van der Waals surface area contributed by atoms with Crippen LogP contribution in [0.15, 0.2) is 40.7 Å². The summed E-state index contributed by atoms with van der Waals surface area (Å²) in [5.74, 6) is 0. The van der Waals surface area contributed by atoms with E-state index in [0.29, 0.717) is 6.54 Å². The first-order chi connectivity index (χ1) is 9.53. The minimum Gasteiger partial charge on any atom is -0.330 e. The molecule has 0 spiro atoms. The van der Waals surface area contributed by atoms with Crippen molar-refractivity contribution in [2.75, 3.05) is 6.54 Å². The van der Waals surface area contributed by atoms with Crippen LogP contribution in [-0.4, -0.2) is 19.9 Å².